The van der Waals surface area contributed by atoms with Crippen LogP contribution in [0.5, 0.6) is 0 Å². The molecule has 0 aliphatic rings. The van der Waals surface area contributed by atoms with Crippen molar-refractivity contribution in [2.24, 2.45) is 0 Å². The Balaban J connectivity index is 1.73. The summed E-state index contributed by atoms with van der Waals surface area (Å²) in [6.45, 7) is 4.47. The molecule has 1 aromatic heterocycles. The van der Waals surface area contributed by atoms with Crippen molar-refractivity contribution in [1.82, 2.24) is 9.88 Å². The van der Waals surface area contributed by atoms with Crippen LogP contribution >= 0.6 is 0 Å². The smallest absolute Gasteiger partial charge is 0.0314 e. The normalized spacial score (nSPS) is 12.5. The number of hydrogen-bond acceptors (Lipinski definition) is 3. The molecule has 21 heavy (non-hydrogen) atoms. The number of pyridine rings is 1. The molecule has 3 nitrogen and oxygen atoms in total. The Morgan fingerprint density at radius 1 is 1.05 bits per heavy atom. The Morgan fingerprint density at radius 3 is 2.38 bits per heavy atom. The molecule has 0 radical (unpaired) electrons. The van der Waals surface area contributed by atoms with E-state index in [2.05, 4.69) is 48.1 Å². The number of benzene rings is 1. The fraction of sp³-hybridized carbons (Fsp3) is 0.389. The molecule has 112 valence electrons. The van der Waals surface area contributed by atoms with Gasteiger partial charge in [-0.2, -0.15) is 0 Å². The van der Waals surface area contributed by atoms with E-state index in [1.807, 2.05) is 24.5 Å². The molecule has 1 atom stereocenters. The van der Waals surface area contributed by atoms with E-state index in [-0.39, 0.29) is 0 Å². The quantitative estimate of drug-likeness (QED) is 0.793. The van der Waals surface area contributed by atoms with Crippen LogP contribution in [-0.4, -0.2) is 30.0 Å². The van der Waals surface area contributed by atoms with Crippen molar-refractivity contribution in [3.8, 4) is 0 Å². The van der Waals surface area contributed by atoms with Gasteiger partial charge in [0.2, 0.25) is 0 Å². The van der Waals surface area contributed by atoms with Gasteiger partial charge < -0.3 is 10.6 Å². The average Bonchev–Trinajstić information content (AvgIpc) is 2.52. The molecule has 0 aliphatic heterocycles. The average molecular weight is 283 g/mol. The van der Waals surface area contributed by atoms with E-state index in [0.29, 0.717) is 5.92 Å². The third-order valence-corrected chi connectivity index (χ3v) is 3.98. The Morgan fingerprint density at radius 2 is 1.71 bits per heavy atom. The Kier molecular flexibility index (Phi) is 5.76. The number of aromatic nitrogens is 1. The molecule has 0 saturated carbocycles. The number of nitrogens with two attached hydrogens (primary N) is 1. The molecule has 0 saturated heterocycles. The van der Waals surface area contributed by atoms with Crippen molar-refractivity contribution >= 4 is 5.69 Å². The topological polar surface area (TPSA) is 42.2 Å². The Bertz CT molecular complexity index is 522. The molecule has 1 heterocycles. The molecule has 2 aromatic rings. The van der Waals surface area contributed by atoms with Gasteiger partial charge in [0.15, 0.2) is 0 Å². The van der Waals surface area contributed by atoms with Crippen LogP contribution in [0.15, 0.2) is 48.8 Å². The first kappa shape index (κ1) is 15.5. The predicted octanol–water partition coefficient (Wildman–Crippen LogP) is 3.33. The summed E-state index contributed by atoms with van der Waals surface area (Å²) in [7, 11) is 2.19. The number of nitrogen functional groups attached to an aromatic ring is 1. The van der Waals surface area contributed by atoms with E-state index in [1.165, 1.54) is 11.1 Å². The largest absolute Gasteiger partial charge is 0.399 e. The summed E-state index contributed by atoms with van der Waals surface area (Å²) in [5.74, 6) is 0.564. The highest BCUT2D eigenvalue weighted by atomic mass is 15.1. The van der Waals surface area contributed by atoms with E-state index in [4.69, 9.17) is 5.73 Å². The maximum atomic E-state index is 5.73. The number of anilines is 1. The highest BCUT2D eigenvalue weighted by molar-refractivity contribution is 5.40. The van der Waals surface area contributed by atoms with Gasteiger partial charge in [0.25, 0.3) is 0 Å². The summed E-state index contributed by atoms with van der Waals surface area (Å²) in [6, 6.07) is 12.4. The standard InChI is InChI=1S/C18H25N3/c1-15(17-3-5-18(19)6-4-17)9-13-21(2)14-10-16-7-11-20-12-8-16/h3-8,11-12,15H,9-10,13-14,19H2,1-2H3. The van der Waals surface area contributed by atoms with Crippen molar-refractivity contribution in [2.75, 3.05) is 25.9 Å². The number of hydrogen-bond donors (Lipinski definition) is 1. The maximum Gasteiger partial charge on any atom is 0.0314 e. The van der Waals surface area contributed by atoms with Gasteiger partial charge in [-0.1, -0.05) is 19.1 Å². The molecule has 0 fully saturated rings. The van der Waals surface area contributed by atoms with Gasteiger partial charge in [0.05, 0.1) is 0 Å². The van der Waals surface area contributed by atoms with Gasteiger partial charge in [-0.15, -0.1) is 0 Å². The molecule has 0 spiro atoms. The zero-order valence-corrected chi connectivity index (χ0v) is 13.0. The maximum absolute atomic E-state index is 5.73. The van der Waals surface area contributed by atoms with E-state index in [1.54, 1.807) is 0 Å². The minimum Gasteiger partial charge on any atom is -0.399 e. The fourth-order valence-electron chi connectivity index (χ4n) is 2.39. The van der Waals surface area contributed by atoms with Gasteiger partial charge >= 0.3 is 0 Å². The molecule has 3 heteroatoms. The highest BCUT2D eigenvalue weighted by Crippen LogP contribution is 2.20. The van der Waals surface area contributed by atoms with Crippen LogP contribution < -0.4 is 5.73 Å². The van der Waals surface area contributed by atoms with Gasteiger partial charge in [-0.3, -0.25) is 4.98 Å². The zero-order chi connectivity index (χ0) is 15.1. The second-order valence-corrected chi connectivity index (χ2v) is 5.77. The van der Waals surface area contributed by atoms with Crippen LogP contribution in [0, 0.1) is 0 Å². The van der Waals surface area contributed by atoms with Gasteiger partial charge in [-0.05, 0) is 67.7 Å². The third-order valence-electron chi connectivity index (χ3n) is 3.98. The molecular formula is C18H25N3. The summed E-state index contributed by atoms with van der Waals surface area (Å²) in [4.78, 5) is 6.45. The number of rotatable bonds is 7. The van der Waals surface area contributed by atoms with Gasteiger partial charge in [0.1, 0.15) is 0 Å². The first-order chi connectivity index (χ1) is 10.1. The van der Waals surface area contributed by atoms with Crippen molar-refractivity contribution in [3.63, 3.8) is 0 Å². The molecule has 0 amide bonds. The molecule has 0 bridgehead atoms. The molecule has 1 aromatic carbocycles. The second kappa shape index (κ2) is 7.79. The van der Waals surface area contributed by atoms with Crippen molar-refractivity contribution < 1.29 is 0 Å². The lowest BCUT2D eigenvalue weighted by atomic mass is 9.97. The minimum absolute atomic E-state index is 0.564. The van der Waals surface area contributed by atoms with Crippen LogP contribution in [0.1, 0.15) is 30.4 Å². The number of likely N-dealkylation sites (N-methyl/N-ethyl adjacent to an activating group) is 1. The fourth-order valence-corrected chi connectivity index (χ4v) is 2.39. The summed E-state index contributed by atoms with van der Waals surface area (Å²) >= 11 is 0. The first-order valence-corrected chi connectivity index (χ1v) is 7.58. The van der Waals surface area contributed by atoms with Crippen LogP contribution in [-0.2, 0) is 6.42 Å². The summed E-state index contributed by atoms with van der Waals surface area (Å²) in [5.41, 5.74) is 9.28. The molecule has 0 aliphatic carbocycles. The lowest BCUT2D eigenvalue weighted by Gasteiger charge is -2.19. The molecular weight excluding hydrogens is 258 g/mol. The monoisotopic (exact) mass is 283 g/mol. The van der Waals surface area contributed by atoms with Crippen LogP contribution in [0.2, 0.25) is 0 Å². The zero-order valence-electron chi connectivity index (χ0n) is 13.0. The molecule has 1 unspecified atom stereocenters. The van der Waals surface area contributed by atoms with E-state index >= 15 is 0 Å². The summed E-state index contributed by atoms with van der Waals surface area (Å²) in [5, 5.41) is 0. The van der Waals surface area contributed by atoms with Gasteiger partial charge in [-0.25, -0.2) is 0 Å². The molecule has 2 N–H and O–H groups in total. The lowest BCUT2D eigenvalue weighted by Crippen LogP contribution is -2.23. The van der Waals surface area contributed by atoms with E-state index < -0.39 is 0 Å². The summed E-state index contributed by atoms with van der Waals surface area (Å²) < 4.78 is 0. The SMILES string of the molecule is CC(CCN(C)CCc1ccncc1)c1ccc(N)cc1. The third kappa shape index (κ3) is 5.20. The lowest BCUT2D eigenvalue weighted by molar-refractivity contribution is 0.324. The summed E-state index contributed by atoms with van der Waals surface area (Å²) in [6.07, 6.45) is 5.96. The predicted molar refractivity (Wildman–Crippen MR) is 89.3 cm³/mol. The first-order valence-electron chi connectivity index (χ1n) is 7.58. The Hall–Kier alpha value is -1.87. The Labute approximate surface area is 127 Å². The van der Waals surface area contributed by atoms with E-state index in [0.717, 1.165) is 31.6 Å². The van der Waals surface area contributed by atoms with Crippen molar-refractivity contribution in [2.45, 2.75) is 25.7 Å². The van der Waals surface area contributed by atoms with Crippen molar-refractivity contribution in [3.05, 3.63) is 59.9 Å². The minimum atomic E-state index is 0.564. The van der Waals surface area contributed by atoms with Crippen molar-refractivity contribution in [1.29, 1.82) is 0 Å². The van der Waals surface area contributed by atoms with Gasteiger partial charge in [0, 0.05) is 24.6 Å². The van der Waals surface area contributed by atoms with E-state index in [9.17, 15) is 0 Å². The second-order valence-electron chi connectivity index (χ2n) is 5.77. The highest BCUT2D eigenvalue weighted by Gasteiger charge is 2.07. The number of nitrogens with zero attached hydrogens (tertiary/aromatic N) is 2. The van der Waals surface area contributed by atoms with Crippen LogP contribution in [0.3, 0.4) is 0 Å². The van der Waals surface area contributed by atoms with Crippen LogP contribution in [0.25, 0.3) is 0 Å². The molecule has 2 rings (SSSR count). The van der Waals surface area contributed by atoms with Crippen LogP contribution in [0.4, 0.5) is 5.69 Å².